The van der Waals surface area contributed by atoms with Gasteiger partial charge in [-0.05, 0) is 26.3 Å². The van der Waals surface area contributed by atoms with Crippen molar-refractivity contribution in [3.8, 4) is 0 Å². The predicted molar refractivity (Wildman–Crippen MR) is 53.9 cm³/mol. The van der Waals surface area contributed by atoms with Crippen molar-refractivity contribution >= 4 is 11.9 Å². The molecule has 0 aliphatic carbocycles. The van der Waals surface area contributed by atoms with E-state index in [9.17, 15) is 9.59 Å². The first-order chi connectivity index (χ1) is 6.46. The van der Waals surface area contributed by atoms with Gasteiger partial charge in [0.05, 0.1) is 0 Å². The maximum Gasteiger partial charge on any atom is 0.329 e. The number of hydrogen-bond acceptors (Lipinski definition) is 2. The van der Waals surface area contributed by atoms with Crippen LogP contribution in [0.4, 0.5) is 0 Å². The van der Waals surface area contributed by atoms with Crippen molar-refractivity contribution < 1.29 is 14.7 Å². The molecule has 0 aromatic carbocycles. The van der Waals surface area contributed by atoms with Crippen molar-refractivity contribution in [1.82, 2.24) is 5.32 Å². The Morgan fingerprint density at radius 2 is 2.07 bits per heavy atom. The van der Waals surface area contributed by atoms with Gasteiger partial charge in [-0.3, -0.25) is 4.79 Å². The average Bonchev–Trinajstić information content (AvgIpc) is 2.04. The highest BCUT2D eigenvalue weighted by Gasteiger charge is 2.32. The van der Waals surface area contributed by atoms with Crippen LogP contribution in [0.1, 0.15) is 33.6 Å². The molecular formula is C10H17NO3. The molecule has 0 heterocycles. The molecule has 1 amide bonds. The lowest BCUT2D eigenvalue weighted by molar-refractivity contribution is -0.146. The third-order valence-electron chi connectivity index (χ3n) is 1.94. The molecule has 0 saturated carbocycles. The van der Waals surface area contributed by atoms with E-state index in [1.54, 1.807) is 13.0 Å². The van der Waals surface area contributed by atoms with Crippen LogP contribution in [0.15, 0.2) is 12.2 Å². The van der Waals surface area contributed by atoms with Gasteiger partial charge in [0.15, 0.2) is 0 Å². The Labute approximate surface area is 84.0 Å². The van der Waals surface area contributed by atoms with E-state index in [1.165, 1.54) is 13.0 Å². The second kappa shape index (κ2) is 5.42. The summed E-state index contributed by atoms with van der Waals surface area (Å²) in [4.78, 5) is 22.1. The van der Waals surface area contributed by atoms with Crippen LogP contribution < -0.4 is 5.32 Å². The summed E-state index contributed by atoms with van der Waals surface area (Å²) in [7, 11) is 0. The zero-order valence-corrected chi connectivity index (χ0v) is 8.83. The maximum absolute atomic E-state index is 11.2. The van der Waals surface area contributed by atoms with Crippen molar-refractivity contribution in [2.24, 2.45) is 0 Å². The molecule has 2 N–H and O–H groups in total. The molecule has 1 atom stereocenters. The first-order valence-corrected chi connectivity index (χ1v) is 4.64. The Balaban J connectivity index is 4.52. The van der Waals surface area contributed by atoms with Gasteiger partial charge in [0, 0.05) is 0 Å². The fourth-order valence-electron chi connectivity index (χ4n) is 1.19. The van der Waals surface area contributed by atoms with Crippen LogP contribution in [0, 0.1) is 0 Å². The smallest absolute Gasteiger partial charge is 0.329 e. The minimum Gasteiger partial charge on any atom is -0.480 e. The summed E-state index contributed by atoms with van der Waals surface area (Å²) in [6, 6.07) is 0. The molecule has 0 spiro atoms. The molecule has 1 unspecified atom stereocenters. The number of rotatable bonds is 5. The molecule has 0 aromatic heterocycles. The molecule has 80 valence electrons. The average molecular weight is 199 g/mol. The molecule has 4 nitrogen and oxygen atoms in total. The number of hydrogen-bond donors (Lipinski definition) is 2. The van der Waals surface area contributed by atoms with E-state index in [0.717, 1.165) is 0 Å². The quantitative estimate of drug-likeness (QED) is 0.656. The first kappa shape index (κ1) is 12.7. The Hall–Kier alpha value is -1.32. The van der Waals surface area contributed by atoms with Gasteiger partial charge in [0.1, 0.15) is 5.54 Å². The van der Waals surface area contributed by atoms with Crippen molar-refractivity contribution in [2.75, 3.05) is 0 Å². The van der Waals surface area contributed by atoms with E-state index in [0.29, 0.717) is 12.8 Å². The fourth-order valence-corrected chi connectivity index (χ4v) is 1.19. The highest BCUT2D eigenvalue weighted by molar-refractivity contribution is 5.92. The van der Waals surface area contributed by atoms with Crippen molar-refractivity contribution in [2.45, 2.75) is 39.2 Å². The van der Waals surface area contributed by atoms with Gasteiger partial charge in [-0.1, -0.05) is 19.4 Å². The number of carboxylic acid groups (broad SMARTS) is 1. The highest BCUT2D eigenvalue weighted by Crippen LogP contribution is 2.12. The number of carbonyl (C=O) groups excluding carboxylic acids is 1. The fraction of sp³-hybridized carbons (Fsp3) is 0.600. The molecule has 4 heteroatoms. The number of nitrogens with one attached hydrogen (secondary N) is 1. The molecule has 0 fully saturated rings. The Kier molecular flexibility index (Phi) is 4.91. The number of carbonyl (C=O) groups is 2. The van der Waals surface area contributed by atoms with Crippen LogP contribution in [-0.2, 0) is 9.59 Å². The number of allylic oxidation sites excluding steroid dienone is 1. The van der Waals surface area contributed by atoms with Gasteiger partial charge >= 0.3 is 5.97 Å². The largest absolute Gasteiger partial charge is 0.480 e. The number of carboxylic acids is 1. The zero-order valence-electron chi connectivity index (χ0n) is 8.83. The Bertz CT molecular complexity index is 248. The molecule has 0 aliphatic rings. The molecule has 0 bridgehead atoms. The topological polar surface area (TPSA) is 66.4 Å². The van der Waals surface area contributed by atoms with Crippen LogP contribution >= 0.6 is 0 Å². The third kappa shape index (κ3) is 3.60. The van der Waals surface area contributed by atoms with Gasteiger partial charge in [-0.25, -0.2) is 4.79 Å². The van der Waals surface area contributed by atoms with Crippen molar-refractivity contribution in [1.29, 1.82) is 0 Å². The summed E-state index contributed by atoms with van der Waals surface area (Å²) in [6.45, 7) is 5.10. The minimum absolute atomic E-state index is 0.370. The summed E-state index contributed by atoms with van der Waals surface area (Å²) in [5, 5.41) is 11.4. The van der Waals surface area contributed by atoms with E-state index in [2.05, 4.69) is 5.32 Å². The zero-order chi connectivity index (χ0) is 11.2. The minimum atomic E-state index is -1.16. The summed E-state index contributed by atoms with van der Waals surface area (Å²) in [5.41, 5.74) is -1.16. The summed E-state index contributed by atoms with van der Waals surface area (Å²) < 4.78 is 0. The van der Waals surface area contributed by atoms with Crippen LogP contribution in [0.2, 0.25) is 0 Å². The first-order valence-electron chi connectivity index (χ1n) is 4.64. The standard InChI is InChI=1S/C10H17NO3/c1-4-6-8(12)11-10(3,7-5-2)9(13)14/h4,6H,5,7H2,1-3H3,(H,11,12)(H,13,14)/b6-4+. The van der Waals surface area contributed by atoms with Gasteiger partial charge < -0.3 is 10.4 Å². The summed E-state index contributed by atoms with van der Waals surface area (Å²) in [6.07, 6.45) is 4.02. The molecular weight excluding hydrogens is 182 g/mol. The molecule has 14 heavy (non-hydrogen) atoms. The molecule has 0 radical (unpaired) electrons. The molecule has 0 rings (SSSR count). The van der Waals surface area contributed by atoms with E-state index in [4.69, 9.17) is 5.11 Å². The monoisotopic (exact) mass is 199 g/mol. The van der Waals surface area contributed by atoms with Gasteiger partial charge in [-0.15, -0.1) is 0 Å². The maximum atomic E-state index is 11.2. The van der Waals surface area contributed by atoms with Crippen molar-refractivity contribution in [3.63, 3.8) is 0 Å². The Morgan fingerprint density at radius 3 is 2.43 bits per heavy atom. The van der Waals surface area contributed by atoms with E-state index in [1.807, 2.05) is 6.92 Å². The van der Waals surface area contributed by atoms with Gasteiger partial charge in [0.25, 0.3) is 0 Å². The second-order valence-corrected chi connectivity index (χ2v) is 3.38. The van der Waals surface area contributed by atoms with Crippen LogP contribution in [-0.4, -0.2) is 22.5 Å². The number of amides is 1. The van der Waals surface area contributed by atoms with Gasteiger partial charge in [0.2, 0.25) is 5.91 Å². The van der Waals surface area contributed by atoms with Crippen LogP contribution in [0.25, 0.3) is 0 Å². The second-order valence-electron chi connectivity index (χ2n) is 3.38. The lowest BCUT2D eigenvalue weighted by Crippen LogP contribution is -2.51. The van der Waals surface area contributed by atoms with E-state index >= 15 is 0 Å². The molecule has 0 aliphatic heterocycles. The summed E-state index contributed by atoms with van der Waals surface area (Å²) in [5.74, 6) is -1.37. The SMILES string of the molecule is C/C=C/C(=O)NC(C)(CCC)C(=O)O. The highest BCUT2D eigenvalue weighted by atomic mass is 16.4. The molecule has 0 aromatic rings. The van der Waals surface area contributed by atoms with Crippen LogP contribution in [0.5, 0.6) is 0 Å². The Morgan fingerprint density at radius 1 is 1.50 bits per heavy atom. The summed E-state index contributed by atoms with van der Waals surface area (Å²) >= 11 is 0. The van der Waals surface area contributed by atoms with Crippen LogP contribution in [0.3, 0.4) is 0 Å². The normalized spacial score (nSPS) is 15.1. The van der Waals surface area contributed by atoms with E-state index in [-0.39, 0.29) is 5.91 Å². The van der Waals surface area contributed by atoms with Gasteiger partial charge in [-0.2, -0.15) is 0 Å². The lowest BCUT2D eigenvalue weighted by atomic mass is 9.96. The number of aliphatic carboxylic acids is 1. The third-order valence-corrected chi connectivity index (χ3v) is 1.94. The predicted octanol–water partition coefficient (Wildman–Crippen LogP) is 1.32. The van der Waals surface area contributed by atoms with Crippen molar-refractivity contribution in [3.05, 3.63) is 12.2 Å². The molecule has 0 saturated heterocycles. The lowest BCUT2D eigenvalue weighted by Gasteiger charge is -2.24. The van der Waals surface area contributed by atoms with E-state index < -0.39 is 11.5 Å².